The second-order valence-electron chi connectivity index (χ2n) is 5.63. The number of rotatable bonds is 8. The largest absolute Gasteiger partial charge is 0.494 e. The second-order valence-corrected chi connectivity index (χ2v) is 8.15. The molecule has 0 aromatic heterocycles. The molecule has 0 amide bonds. The van der Waals surface area contributed by atoms with Gasteiger partial charge in [-0.3, -0.25) is 0 Å². The van der Waals surface area contributed by atoms with E-state index in [-0.39, 0.29) is 0 Å². The molecule has 0 fully saturated rings. The molecular weight excluding hydrogens is 240 g/mol. The smallest absolute Gasteiger partial charge is 0.167 e. The molecule has 1 rings (SSSR count). The lowest BCUT2D eigenvalue weighted by Gasteiger charge is -2.28. The number of ether oxygens (including phenoxy) is 1. The third-order valence-corrected chi connectivity index (χ3v) is 5.48. The van der Waals surface area contributed by atoms with Crippen LogP contribution in [0.3, 0.4) is 0 Å². The van der Waals surface area contributed by atoms with Gasteiger partial charge in [0.05, 0.1) is 6.61 Å². The molecule has 0 saturated carbocycles. The maximum Gasteiger partial charge on any atom is 0.167 e. The lowest BCUT2D eigenvalue weighted by atomic mass is 9.99. The van der Waals surface area contributed by atoms with Gasteiger partial charge in [-0.2, -0.15) is 0 Å². The van der Waals surface area contributed by atoms with Crippen molar-refractivity contribution < 1.29 is 9.16 Å². The molecule has 1 radical (unpaired) electrons. The van der Waals surface area contributed by atoms with Crippen LogP contribution < -0.4 is 4.74 Å². The SMILES string of the molecule is CC(C)C(C)(C)[SiH2]OCCCOc1cc[c]cc1. The summed E-state index contributed by atoms with van der Waals surface area (Å²) in [6.45, 7) is 10.7. The molecule has 3 heteroatoms. The Labute approximate surface area is 114 Å². The number of benzene rings is 1. The Kier molecular flexibility index (Phi) is 6.43. The minimum Gasteiger partial charge on any atom is -0.494 e. The van der Waals surface area contributed by atoms with Crippen LogP contribution in [0.1, 0.15) is 34.1 Å². The van der Waals surface area contributed by atoms with E-state index in [1.165, 1.54) is 0 Å². The number of hydrogen-bond donors (Lipinski definition) is 0. The third-order valence-electron chi connectivity index (χ3n) is 3.43. The van der Waals surface area contributed by atoms with E-state index < -0.39 is 9.76 Å². The Bertz CT molecular complexity index is 323. The predicted molar refractivity (Wildman–Crippen MR) is 78.8 cm³/mol. The summed E-state index contributed by atoms with van der Waals surface area (Å²) < 4.78 is 11.5. The molecule has 101 valence electrons. The molecule has 0 unspecified atom stereocenters. The maximum absolute atomic E-state index is 5.85. The fourth-order valence-electron chi connectivity index (χ4n) is 1.32. The summed E-state index contributed by atoms with van der Waals surface area (Å²) in [7, 11) is -0.460. The van der Waals surface area contributed by atoms with Gasteiger partial charge in [0.25, 0.3) is 0 Å². The molecule has 0 heterocycles. The van der Waals surface area contributed by atoms with Crippen LogP contribution >= 0.6 is 0 Å². The highest BCUT2D eigenvalue weighted by atomic mass is 28.2. The maximum atomic E-state index is 5.85. The molecule has 1 aromatic carbocycles. The average Bonchev–Trinajstić information content (AvgIpc) is 2.34. The molecule has 0 aliphatic rings. The van der Waals surface area contributed by atoms with E-state index in [4.69, 9.17) is 9.16 Å². The van der Waals surface area contributed by atoms with Crippen molar-refractivity contribution in [1.29, 1.82) is 0 Å². The van der Waals surface area contributed by atoms with Crippen molar-refractivity contribution in [3.8, 4) is 5.75 Å². The quantitative estimate of drug-likeness (QED) is 0.531. The topological polar surface area (TPSA) is 18.5 Å². The van der Waals surface area contributed by atoms with E-state index in [0.717, 1.165) is 25.4 Å². The van der Waals surface area contributed by atoms with Crippen molar-refractivity contribution in [3.05, 3.63) is 30.3 Å². The van der Waals surface area contributed by atoms with E-state index >= 15 is 0 Å². The van der Waals surface area contributed by atoms with Crippen molar-refractivity contribution in [2.45, 2.75) is 39.2 Å². The van der Waals surface area contributed by atoms with Gasteiger partial charge in [0, 0.05) is 13.0 Å². The molecule has 0 bridgehead atoms. The summed E-state index contributed by atoms with van der Waals surface area (Å²) in [5, 5.41) is 0.385. The normalized spacial score (nSPS) is 12.5. The summed E-state index contributed by atoms with van der Waals surface area (Å²) in [5.41, 5.74) is 0. The first-order valence-corrected chi connectivity index (χ1v) is 7.97. The summed E-state index contributed by atoms with van der Waals surface area (Å²) >= 11 is 0. The van der Waals surface area contributed by atoms with Crippen LogP contribution in [-0.2, 0) is 4.43 Å². The molecule has 2 nitrogen and oxygen atoms in total. The zero-order valence-electron chi connectivity index (χ0n) is 12.0. The van der Waals surface area contributed by atoms with Crippen LogP contribution in [0.15, 0.2) is 24.3 Å². The van der Waals surface area contributed by atoms with Crippen LogP contribution in [0.4, 0.5) is 0 Å². The first-order valence-electron chi connectivity index (χ1n) is 6.69. The summed E-state index contributed by atoms with van der Waals surface area (Å²) in [6, 6.07) is 10.6. The van der Waals surface area contributed by atoms with Crippen molar-refractivity contribution in [1.82, 2.24) is 0 Å². The third kappa shape index (κ3) is 5.69. The van der Waals surface area contributed by atoms with Gasteiger partial charge in [0.2, 0.25) is 0 Å². The highest BCUT2D eigenvalue weighted by molar-refractivity contribution is 6.32. The van der Waals surface area contributed by atoms with Gasteiger partial charge in [-0.1, -0.05) is 39.8 Å². The molecule has 1 aromatic rings. The second kappa shape index (κ2) is 7.59. The van der Waals surface area contributed by atoms with E-state index in [2.05, 4.69) is 33.8 Å². The van der Waals surface area contributed by atoms with E-state index in [0.29, 0.717) is 11.0 Å². The zero-order valence-corrected chi connectivity index (χ0v) is 13.4. The van der Waals surface area contributed by atoms with E-state index in [1.54, 1.807) is 0 Å². The lowest BCUT2D eigenvalue weighted by Crippen LogP contribution is -2.22. The van der Waals surface area contributed by atoms with E-state index in [9.17, 15) is 0 Å². The number of hydrogen-bond acceptors (Lipinski definition) is 2. The fourth-order valence-corrected chi connectivity index (χ4v) is 2.53. The van der Waals surface area contributed by atoms with Crippen LogP contribution in [0.25, 0.3) is 0 Å². The predicted octanol–water partition coefficient (Wildman–Crippen LogP) is 3.21. The Balaban J connectivity index is 2.06. The molecular formula is C15H25O2Si. The highest BCUT2D eigenvalue weighted by Crippen LogP contribution is 2.32. The fraction of sp³-hybridized carbons (Fsp3) is 0.600. The summed E-state index contributed by atoms with van der Waals surface area (Å²) in [4.78, 5) is 0. The standard InChI is InChI=1S/C15H25O2Si/c1-13(2)15(3,4)18-17-12-8-11-16-14-9-6-5-7-10-14/h6-7,9-10,13H,8,11-12,18H2,1-4H3. The van der Waals surface area contributed by atoms with Crippen molar-refractivity contribution in [3.63, 3.8) is 0 Å². The van der Waals surface area contributed by atoms with Gasteiger partial charge in [0.15, 0.2) is 9.76 Å². The molecule has 0 N–H and O–H groups in total. The monoisotopic (exact) mass is 265 g/mol. The van der Waals surface area contributed by atoms with Crippen LogP contribution in [0.2, 0.25) is 5.04 Å². The van der Waals surface area contributed by atoms with Gasteiger partial charge in [-0.15, -0.1) is 0 Å². The molecule has 0 aliphatic heterocycles. The Morgan fingerprint density at radius 1 is 1.22 bits per heavy atom. The molecule has 0 atom stereocenters. The molecule has 0 spiro atoms. The van der Waals surface area contributed by atoms with Gasteiger partial charge < -0.3 is 9.16 Å². The van der Waals surface area contributed by atoms with Crippen molar-refractivity contribution in [2.24, 2.45) is 5.92 Å². The van der Waals surface area contributed by atoms with Crippen molar-refractivity contribution in [2.75, 3.05) is 13.2 Å². The molecule has 0 aliphatic carbocycles. The van der Waals surface area contributed by atoms with Gasteiger partial charge in [-0.05, 0) is 29.2 Å². The zero-order chi connectivity index (χ0) is 13.4. The van der Waals surface area contributed by atoms with Gasteiger partial charge in [-0.25, -0.2) is 0 Å². The minimum absolute atomic E-state index is 0.385. The van der Waals surface area contributed by atoms with Crippen LogP contribution in [-0.4, -0.2) is 23.0 Å². The minimum atomic E-state index is -0.460. The van der Waals surface area contributed by atoms with Crippen LogP contribution in [0, 0.1) is 12.0 Å². The average molecular weight is 265 g/mol. The molecule has 18 heavy (non-hydrogen) atoms. The summed E-state index contributed by atoms with van der Waals surface area (Å²) in [5.74, 6) is 1.61. The lowest BCUT2D eigenvalue weighted by molar-refractivity contribution is 0.243. The van der Waals surface area contributed by atoms with Gasteiger partial charge >= 0.3 is 0 Å². The Hall–Kier alpha value is -0.803. The molecule has 0 saturated heterocycles. The first-order chi connectivity index (χ1) is 8.52. The highest BCUT2D eigenvalue weighted by Gasteiger charge is 2.23. The first kappa shape index (κ1) is 15.3. The Morgan fingerprint density at radius 2 is 1.89 bits per heavy atom. The van der Waals surface area contributed by atoms with Gasteiger partial charge in [0.1, 0.15) is 5.75 Å². The Morgan fingerprint density at radius 3 is 2.50 bits per heavy atom. The van der Waals surface area contributed by atoms with Crippen molar-refractivity contribution >= 4 is 9.76 Å². The summed E-state index contributed by atoms with van der Waals surface area (Å²) in [6.07, 6.45) is 0.958. The van der Waals surface area contributed by atoms with E-state index in [1.807, 2.05) is 24.3 Å². The van der Waals surface area contributed by atoms with Crippen LogP contribution in [0.5, 0.6) is 5.75 Å².